The highest BCUT2D eigenvalue weighted by atomic mass is 127. The second-order valence-corrected chi connectivity index (χ2v) is 3.92. The van der Waals surface area contributed by atoms with Gasteiger partial charge in [-0.3, -0.25) is 9.97 Å². The minimum Gasteiger partial charge on any atom is -0.253 e. The zero-order valence-electron chi connectivity index (χ0n) is 5.16. The van der Waals surface area contributed by atoms with Gasteiger partial charge in [-0.2, -0.15) is 0 Å². The second kappa shape index (κ2) is 2.57. The Morgan fingerprint density at radius 2 is 1.90 bits per heavy atom. The fourth-order valence-corrected chi connectivity index (χ4v) is 2.34. The average molecular weight is 244 g/mol. The van der Waals surface area contributed by atoms with Crippen LogP contribution in [0.25, 0.3) is 6.08 Å². The van der Waals surface area contributed by atoms with Gasteiger partial charge in [-0.05, 0) is 14.2 Å². The van der Waals surface area contributed by atoms with Gasteiger partial charge in [0.05, 0.1) is 11.4 Å². The molecule has 2 rings (SSSR count). The molecule has 2 nitrogen and oxygen atoms in total. The summed E-state index contributed by atoms with van der Waals surface area (Å²) in [6, 6.07) is 0. The van der Waals surface area contributed by atoms with Crippen LogP contribution >= 0.6 is 20.7 Å². The first kappa shape index (κ1) is 6.15. The number of nitrogens with zero attached hydrogens (tertiary/aromatic N) is 2. The molecular formula is C7H5IN2. The molecule has 0 bridgehead atoms. The number of fused-ring (bicyclic) bond motifs is 1. The maximum Gasteiger partial charge on any atom is 0.0943 e. The van der Waals surface area contributed by atoms with Crippen LogP contribution in [0.3, 0.4) is 0 Å². The van der Waals surface area contributed by atoms with Crippen molar-refractivity contribution in [2.75, 3.05) is 0 Å². The number of hydrogen-bond acceptors (Lipinski definition) is 2. The summed E-state index contributed by atoms with van der Waals surface area (Å²) in [5, 5.41) is 0. The van der Waals surface area contributed by atoms with Gasteiger partial charge in [-0.15, -0.1) is 0 Å². The van der Waals surface area contributed by atoms with E-state index in [-0.39, 0.29) is 20.7 Å². The summed E-state index contributed by atoms with van der Waals surface area (Å²) in [6.45, 7) is 0. The second-order valence-electron chi connectivity index (χ2n) is 1.85. The third kappa shape index (κ3) is 1.01. The highest BCUT2D eigenvalue weighted by molar-refractivity contribution is 14.2. The normalized spacial score (nSPS) is 14.0. The molecule has 0 saturated carbocycles. The van der Waals surface area contributed by atoms with Crippen LogP contribution in [-0.4, -0.2) is 14.0 Å². The molecule has 3 heteroatoms. The predicted octanol–water partition coefficient (Wildman–Crippen LogP) is 1.58. The van der Waals surface area contributed by atoms with Crippen LogP contribution in [0.4, 0.5) is 0 Å². The summed E-state index contributed by atoms with van der Waals surface area (Å²) in [7, 11) is 0. The van der Waals surface area contributed by atoms with Crippen molar-refractivity contribution in [3.8, 4) is 0 Å². The highest BCUT2D eigenvalue weighted by Crippen LogP contribution is 2.13. The van der Waals surface area contributed by atoms with Crippen molar-refractivity contribution in [3.05, 3.63) is 27.9 Å². The summed E-state index contributed by atoms with van der Waals surface area (Å²) in [4.78, 5) is 8.33. The molecule has 0 saturated heterocycles. The smallest absolute Gasteiger partial charge is 0.0943 e. The van der Waals surface area contributed by atoms with E-state index in [2.05, 4.69) is 24.1 Å². The minimum atomic E-state index is 0.118. The molecule has 10 heavy (non-hydrogen) atoms. The summed E-state index contributed by atoms with van der Waals surface area (Å²) in [6.07, 6.45) is 5.51. The Labute approximate surface area is 68.8 Å². The molecule has 0 radical (unpaired) electrons. The topological polar surface area (TPSA) is 25.8 Å². The van der Waals surface area contributed by atoms with Crippen molar-refractivity contribution in [2.45, 2.75) is 0 Å². The van der Waals surface area contributed by atoms with Crippen LogP contribution in [0.1, 0.15) is 11.4 Å². The SMILES string of the molecule is C1=Cc2nccnc2C=I1. The standard InChI is InChI=1S/C7H5IN2/c1-2-8-5-7-6(1)9-3-4-10-7/h1-5H. The molecule has 1 aromatic heterocycles. The Balaban J connectivity index is 2.65. The maximum atomic E-state index is 4.18. The van der Waals surface area contributed by atoms with Crippen molar-refractivity contribution >= 4 is 30.8 Å². The van der Waals surface area contributed by atoms with E-state index in [1.54, 1.807) is 12.4 Å². The van der Waals surface area contributed by atoms with Gasteiger partial charge in [0.1, 0.15) is 0 Å². The zero-order valence-corrected chi connectivity index (χ0v) is 7.32. The Morgan fingerprint density at radius 3 is 2.70 bits per heavy atom. The summed E-state index contributed by atoms with van der Waals surface area (Å²) in [5.74, 6) is 0. The minimum absolute atomic E-state index is 0.118. The van der Waals surface area contributed by atoms with Gasteiger partial charge in [-0.25, -0.2) is 0 Å². The van der Waals surface area contributed by atoms with E-state index in [4.69, 9.17) is 0 Å². The van der Waals surface area contributed by atoms with Gasteiger partial charge >= 0.3 is 0 Å². The van der Waals surface area contributed by atoms with E-state index >= 15 is 0 Å². The quantitative estimate of drug-likeness (QED) is 0.647. The van der Waals surface area contributed by atoms with Gasteiger partial charge in [-0.1, -0.05) is 20.7 Å². The highest BCUT2D eigenvalue weighted by Gasteiger charge is 1.98. The third-order valence-corrected chi connectivity index (χ3v) is 2.94. The monoisotopic (exact) mass is 244 g/mol. The van der Waals surface area contributed by atoms with Crippen LogP contribution in [0, 0.1) is 0 Å². The van der Waals surface area contributed by atoms with E-state index < -0.39 is 0 Å². The Hall–Kier alpha value is -0.580. The zero-order chi connectivity index (χ0) is 6.81. The lowest BCUT2D eigenvalue weighted by Crippen LogP contribution is -1.94. The van der Waals surface area contributed by atoms with Gasteiger partial charge < -0.3 is 0 Å². The predicted molar refractivity (Wildman–Crippen MR) is 50.3 cm³/mol. The molecule has 0 aliphatic carbocycles. The summed E-state index contributed by atoms with van der Waals surface area (Å²) in [5.41, 5.74) is 2.06. The molecular weight excluding hydrogens is 239 g/mol. The molecule has 0 N–H and O–H groups in total. The molecule has 1 aromatic rings. The van der Waals surface area contributed by atoms with E-state index in [0.29, 0.717) is 0 Å². The van der Waals surface area contributed by atoms with Gasteiger partial charge in [0.2, 0.25) is 0 Å². The Kier molecular flexibility index (Phi) is 1.58. The largest absolute Gasteiger partial charge is 0.253 e. The van der Waals surface area contributed by atoms with Crippen molar-refractivity contribution in [2.24, 2.45) is 0 Å². The van der Waals surface area contributed by atoms with E-state index in [1.807, 2.05) is 0 Å². The van der Waals surface area contributed by atoms with Crippen molar-refractivity contribution in [1.82, 2.24) is 9.97 Å². The molecule has 1 aliphatic rings. The number of rotatable bonds is 0. The van der Waals surface area contributed by atoms with E-state index in [1.165, 1.54) is 0 Å². The van der Waals surface area contributed by atoms with Crippen LogP contribution < -0.4 is 0 Å². The molecule has 2 heterocycles. The van der Waals surface area contributed by atoms with Crippen molar-refractivity contribution in [1.29, 1.82) is 0 Å². The van der Waals surface area contributed by atoms with Crippen LogP contribution in [0.5, 0.6) is 0 Å². The molecule has 0 aromatic carbocycles. The number of halogens is 1. The average Bonchev–Trinajstić information content (AvgIpc) is 2.05. The molecule has 0 fully saturated rings. The molecule has 50 valence electrons. The van der Waals surface area contributed by atoms with Gasteiger partial charge in [0.25, 0.3) is 0 Å². The Bertz CT molecular complexity index is 273. The van der Waals surface area contributed by atoms with Crippen LogP contribution in [0.2, 0.25) is 0 Å². The molecule has 1 aliphatic heterocycles. The number of aromatic nitrogens is 2. The molecule has 0 spiro atoms. The maximum absolute atomic E-state index is 4.18. The Morgan fingerprint density at radius 1 is 1.10 bits per heavy atom. The molecule has 0 atom stereocenters. The first-order chi connectivity index (χ1) is 4.97. The third-order valence-electron chi connectivity index (χ3n) is 1.22. The fourth-order valence-electron chi connectivity index (χ4n) is 0.764. The van der Waals surface area contributed by atoms with Crippen molar-refractivity contribution < 1.29 is 0 Å². The van der Waals surface area contributed by atoms with E-state index in [9.17, 15) is 0 Å². The lowest BCUT2D eigenvalue weighted by atomic mass is 10.3. The van der Waals surface area contributed by atoms with Crippen LogP contribution in [0.15, 0.2) is 16.5 Å². The van der Waals surface area contributed by atoms with E-state index in [0.717, 1.165) is 11.4 Å². The lowest BCUT2D eigenvalue weighted by molar-refractivity contribution is 1.17. The first-order valence-corrected chi connectivity index (χ1v) is 5.39. The molecule has 0 unspecified atom stereocenters. The number of hydrogen-bond donors (Lipinski definition) is 0. The summed E-state index contributed by atoms with van der Waals surface area (Å²) >= 11 is 0.118. The van der Waals surface area contributed by atoms with Gasteiger partial charge in [0, 0.05) is 12.4 Å². The van der Waals surface area contributed by atoms with Crippen LogP contribution in [-0.2, 0) is 0 Å². The molecule has 0 amide bonds. The lowest BCUT2D eigenvalue weighted by Gasteiger charge is -1.98. The fraction of sp³-hybridized carbons (Fsp3) is 0. The van der Waals surface area contributed by atoms with Gasteiger partial charge in [0.15, 0.2) is 0 Å². The summed E-state index contributed by atoms with van der Waals surface area (Å²) < 4.78 is 4.37. The first-order valence-electron chi connectivity index (χ1n) is 2.89. The van der Waals surface area contributed by atoms with Crippen molar-refractivity contribution in [3.63, 3.8) is 0 Å².